The molecule has 1 fully saturated rings. The van der Waals surface area contributed by atoms with E-state index in [0.29, 0.717) is 11.1 Å². The third-order valence-corrected chi connectivity index (χ3v) is 4.19. The molecule has 5 nitrogen and oxygen atoms in total. The zero-order chi connectivity index (χ0) is 13.0. The Hall–Kier alpha value is -0.850. The molecule has 1 aliphatic heterocycles. The number of piperidine rings is 1. The first-order valence-electron chi connectivity index (χ1n) is 5.93. The lowest BCUT2D eigenvalue weighted by atomic mass is 9.98. The standard InChI is InChI=1S/C11H16ClN3O2S/c12-9-7-18-11(14-9)15-3-1-2-8(6-15)4-13-5-10(16)17/h7-8,13H,1-6H2,(H,16,17). The van der Waals surface area contributed by atoms with Gasteiger partial charge in [0.05, 0.1) is 6.54 Å². The average Bonchev–Trinajstić information content (AvgIpc) is 2.76. The van der Waals surface area contributed by atoms with Crippen LogP contribution < -0.4 is 10.2 Å². The topological polar surface area (TPSA) is 65.5 Å². The van der Waals surface area contributed by atoms with Crippen LogP contribution in [0.3, 0.4) is 0 Å². The highest BCUT2D eigenvalue weighted by molar-refractivity contribution is 7.14. The summed E-state index contributed by atoms with van der Waals surface area (Å²) in [6, 6.07) is 0. The summed E-state index contributed by atoms with van der Waals surface area (Å²) in [6.45, 7) is 2.68. The van der Waals surface area contributed by atoms with Crippen LogP contribution in [-0.2, 0) is 4.79 Å². The number of hydrogen-bond acceptors (Lipinski definition) is 5. The number of nitrogens with zero attached hydrogens (tertiary/aromatic N) is 2. The summed E-state index contributed by atoms with van der Waals surface area (Å²) in [4.78, 5) is 16.9. The van der Waals surface area contributed by atoms with Crippen LogP contribution in [0.5, 0.6) is 0 Å². The first kappa shape index (κ1) is 13.6. The molecule has 0 saturated carbocycles. The maximum atomic E-state index is 10.4. The van der Waals surface area contributed by atoms with Crippen molar-refractivity contribution in [3.05, 3.63) is 10.5 Å². The Morgan fingerprint density at radius 3 is 3.22 bits per heavy atom. The molecule has 0 spiro atoms. The Morgan fingerprint density at radius 1 is 1.72 bits per heavy atom. The Bertz CT molecular complexity index is 413. The second-order valence-corrected chi connectivity index (χ2v) is 5.66. The average molecular weight is 290 g/mol. The van der Waals surface area contributed by atoms with E-state index >= 15 is 0 Å². The van der Waals surface area contributed by atoms with Gasteiger partial charge in [0.1, 0.15) is 5.15 Å². The first-order chi connectivity index (χ1) is 8.65. The number of hydrogen-bond donors (Lipinski definition) is 2. The van der Waals surface area contributed by atoms with Crippen LogP contribution in [0.15, 0.2) is 5.38 Å². The molecule has 1 saturated heterocycles. The van der Waals surface area contributed by atoms with Gasteiger partial charge < -0.3 is 15.3 Å². The van der Waals surface area contributed by atoms with Gasteiger partial charge in [-0.1, -0.05) is 11.6 Å². The normalized spacial score (nSPS) is 20.1. The van der Waals surface area contributed by atoms with Crippen molar-refractivity contribution in [3.63, 3.8) is 0 Å². The highest BCUT2D eigenvalue weighted by atomic mass is 35.5. The molecule has 2 rings (SSSR count). The van der Waals surface area contributed by atoms with Crippen molar-refractivity contribution in [2.75, 3.05) is 31.1 Å². The van der Waals surface area contributed by atoms with Gasteiger partial charge in [0.2, 0.25) is 0 Å². The third-order valence-electron chi connectivity index (χ3n) is 2.96. The number of carbonyl (C=O) groups is 1. The van der Waals surface area contributed by atoms with Crippen LogP contribution in [-0.4, -0.2) is 42.2 Å². The lowest BCUT2D eigenvalue weighted by Crippen LogP contribution is -2.40. The van der Waals surface area contributed by atoms with Gasteiger partial charge in [-0.3, -0.25) is 4.79 Å². The quantitative estimate of drug-likeness (QED) is 0.863. The number of aliphatic carboxylic acids is 1. The summed E-state index contributed by atoms with van der Waals surface area (Å²) in [5.41, 5.74) is 0. The summed E-state index contributed by atoms with van der Waals surface area (Å²) < 4.78 is 0. The predicted molar refractivity (Wildman–Crippen MR) is 72.6 cm³/mol. The van der Waals surface area contributed by atoms with E-state index in [2.05, 4.69) is 15.2 Å². The molecule has 7 heteroatoms. The Labute approximate surface area is 115 Å². The van der Waals surface area contributed by atoms with E-state index in [1.54, 1.807) is 11.3 Å². The van der Waals surface area contributed by atoms with Gasteiger partial charge in [0.15, 0.2) is 5.13 Å². The third kappa shape index (κ3) is 3.83. The molecule has 0 bridgehead atoms. The summed E-state index contributed by atoms with van der Waals surface area (Å²) in [7, 11) is 0. The van der Waals surface area contributed by atoms with Gasteiger partial charge in [0, 0.05) is 25.0 Å². The summed E-state index contributed by atoms with van der Waals surface area (Å²) >= 11 is 7.38. The van der Waals surface area contributed by atoms with Gasteiger partial charge in [-0.15, -0.1) is 11.3 Å². The van der Waals surface area contributed by atoms with E-state index in [9.17, 15) is 4.79 Å². The van der Waals surface area contributed by atoms with E-state index in [1.807, 2.05) is 5.38 Å². The fourth-order valence-corrected chi connectivity index (χ4v) is 3.16. The zero-order valence-electron chi connectivity index (χ0n) is 9.93. The molecular formula is C11H16ClN3O2S. The van der Waals surface area contributed by atoms with E-state index in [4.69, 9.17) is 16.7 Å². The van der Waals surface area contributed by atoms with Crippen molar-refractivity contribution >= 4 is 34.0 Å². The van der Waals surface area contributed by atoms with Gasteiger partial charge in [-0.05, 0) is 18.8 Å². The highest BCUT2D eigenvalue weighted by Crippen LogP contribution is 2.27. The van der Waals surface area contributed by atoms with Gasteiger partial charge in [-0.25, -0.2) is 4.98 Å². The van der Waals surface area contributed by atoms with Crippen LogP contribution in [0, 0.1) is 5.92 Å². The maximum absolute atomic E-state index is 10.4. The number of nitrogens with one attached hydrogen (secondary N) is 1. The number of thiazole rings is 1. The molecule has 100 valence electrons. The molecule has 1 aromatic rings. The minimum Gasteiger partial charge on any atom is -0.480 e. The van der Waals surface area contributed by atoms with Crippen molar-refractivity contribution in [2.45, 2.75) is 12.8 Å². The number of halogens is 1. The number of rotatable bonds is 5. The molecule has 1 atom stereocenters. The van der Waals surface area contributed by atoms with Crippen LogP contribution in [0.2, 0.25) is 5.15 Å². The molecule has 2 N–H and O–H groups in total. The molecular weight excluding hydrogens is 274 g/mol. The first-order valence-corrected chi connectivity index (χ1v) is 7.19. The molecule has 0 aromatic carbocycles. The summed E-state index contributed by atoms with van der Waals surface area (Å²) in [6.07, 6.45) is 2.23. The molecule has 1 aliphatic rings. The van der Waals surface area contributed by atoms with E-state index < -0.39 is 5.97 Å². The molecule has 1 aromatic heterocycles. The second-order valence-electron chi connectivity index (χ2n) is 4.43. The van der Waals surface area contributed by atoms with Crippen molar-refractivity contribution in [1.82, 2.24) is 10.3 Å². The second kappa shape index (κ2) is 6.36. The molecule has 18 heavy (non-hydrogen) atoms. The predicted octanol–water partition coefficient (Wildman–Crippen LogP) is 1.69. The molecule has 2 heterocycles. The SMILES string of the molecule is O=C(O)CNCC1CCCN(c2nc(Cl)cs2)C1. The highest BCUT2D eigenvalue weighted by Gasteiger charge is 2.21. The zero-order valence-corrected chi connectivity index (χ0v) is 11.5. The lowest BCUT2D eigenvalue weighted by Gasteiger charge is -2.32. The van der Waals surface area contributed by atoms with Crippen molar-refractivity contribution < 1.29 is 9.90 Å². The van der Waals surface area contributed by atoms with E-state index in [0.717, 1.165) is 37.6 Å². The van der Waals surface area contributed by atoms with E-state index in [-0.39, 0.29) is 6.54 Å². The van der Waals surface area contributed by atoms with E-state index in [1.165, 1.54) is 0 Å². The smallest absolute Gasteiger partial charge is 0.317 e. The van der Waals surface area contributed by atoms with Crippen molar-refractivity contribution in [2.24, 2.45) is 5.92 Å². The largest absolute Gasteiger partial charge is 0.480 e. The Morgan fingerprint density at radius 2 is 2.56 bits per heavy atom. The van der Waals surface area contributed by atoms with Crippen LogP contribution >= 0.6 is 22.9 Å². The number of carboxylic acid groups (broad SMARTS) is 1. The molecule has 1 unspecified atom stereocenters. The Balaban J connectivity index is 1.83. The molecule has 0 amide bonds. The minimum absolute atomic E-state index is 0.0274. The summed E-state index contributed by atoms with van der Waals surface area (Å²) in [5, 5.41) is 14.9. The fraction of sp³-hybridized carbons (Fsp3) is 0.636. The number of carboxylic acids is 1. The number of anilines is 1. The van der Waals surface area contributed by atoms with Crippen LogP contribution in [0.4, 0.5) is 5.13 Å². The van der Waals surface area contributed by atoms with Crippen LogP contribution in [0.25, 0.3) is 0 Å². The van der Waals surface area contributed by atoms with Crippen molar-refractivity contribution in [1.29, 1.82) is 0 Å². The minimum atomic E-state index is -0.811. The number of aromatic nitrogens is 1. The monoisotopic (exact) mass is 289 g/mol. The van der Waals surface area contributed by atoms with Gasteiger partial charge >= 0.3 is 5.97 Å². The summed E-state index contributed by atoms with van der Waals surface area (Å²) in [5.74, 6) is -0.338. The van der Waals surface area contributed by atoms with Crippen LogP contribution in [0.1, 0.15) is 12.8 Å². The Kier molecular flexibility index (Phi) is 4.79. The molecule has 0 aliphatic carbocycles. The lowest BCUT2D eigenvalue weighted by molar-refractivity contribution is -0.136. The van der Waals surface area contributed by atoms with Gasteiger partial charge in [0.25, 0.3) is 0 Å². The fourth-order valence-electron chi connectivity index (χ4n) is 2.18. The molecule has 0 radical (unpaired) electrons. The van der Waals surface area contributed by atoms with Gasteiger partial charge in [-0.2, -0.15) is 0 Å². The maximum Gasteiger partial charge on any atom is 0.317 e. The van der Waals surface area contributed by atoms with Crippen molar-refractivity contribution in [3.8, 4) is 0 Å².